The van der Waals surface area contributed by atoms with E-state index in [1.54, 1.807) is 0 Å². The fourth-order valence-corrected chi connectivity index (χ4v) is 1.57. The Morgan fingerprint density at radius 2 is 1.89 bits per heavy atom. The van der Waals surface area contributed by atoms with E-state index >= 15 is 0 Å². The van der Waals surface area contributed by atoms with E-state index in [-0.39, 0.29) is 0 Å². The summed E-state index contributed by atoms with van der Waals surface area (Å²) in [5.41, 5.74) is 12.6. The quantitative estimate of drug-likeness (QED) is 0.620. The van der Waals surface area contributed by atoms with Crippen LogP contribution in [-0.4, -0.2) is 5.71 Å². The van der Waals surface area contributed by atoms with Crippen molar-refractivity contribution in [2.45, 2.75) is 33.6 Å². The molecular formula is C14H20ClN3. The third-order valence-electron chi connectivity index (χ3n) is 2.68. The molecule has 0 heterocycles. The molecule has 98 valence electrons. The SMILES string of the molecule is CCCC(=NNc1ccc(Cl)cc1)C(C)=C(C)N. The number of hydrazone groups is 1. The molecule has 0 aliphatic heterocycles. The van der Waals surface area contributed by atoms with E-state index < -0.39 is 0 Å². The van der Waals surface area contributed by atoms with E-state index in [1.165, 1.54) is 0 Å². The molecule has 18 heavy (non-hydrogen) atoms. The van der Waals surface area contributed by atoms with Crippen molar-refractivity contribution in [2.24, 2.45) is 10.8 Å². The standard InChI is InChI=1S/C14H20ClN3/c1-4-5-14(10(2)11(3)16)18-17-13-8-6-12(15)7-9-13/h6-9,17H,4-5,16H2,1-3H3. The van der Waals surface area contributed by atoms with E-state index in [9.17, 15) is 0 Å². The fraction of sp³-hybridized carbons (Fsp3) is 0.357. The van der Waals surface area contributed by atoms with Gasteiger partial charge in [-0.25, -0.2) is 0 Å². The summed E-state index contributed by atoms with van der Waals surface area (Å²) in [6.45, 7) is 6.01. The van der Waals surface area contributed by atoms with Gasteiger partial charge in [-0.15, -0.1) is 0 Å². The van der Waals surface area contributed by atoms with Crippen molar-refractivity contribution < 1.29 is 0 Å². The number of benzene rings is 1. The van der Waals surface area contributed by atoms with Gasteiger partial charge in [-0.05, 0) is 50.1 Å². The summed E-state index contributed by atoms with van der Waals surface area (Å²) in [5.74, 6) is 0. The van der Waals surface area contributed by atoms with Gasteiger partial charge in [0, 0.05) is 10.7 Å². The van der Waals surface area contributed by atoms with Crippen LogP contribution in [-0.2, 0) is 0 Å². The molecule has 1 aromatic rings. The third-order valence-corrected chi connectivity index (χ3v) is 2.93. The molecule has 0 fully saturated rings. The van der Waals surface area contributed by atoms with Gasteiger partial charge in [0.05, 0.1) is 11.4 Å². The Hall–Kier alpha value is -1.48. The van der Waals surface area contributed by atoms with Gasteiger partial charge < -0.3 is 5.73 Å². The second kappa shape index (κ2) is 7.07. The Bertz CT molecular complexity index is 443. The molecule has 3 N–H and O–H groups in total. The minimum atomic E-state index is 0.715. The lowest BCUT2D eigenvalue weighted by atomic mass is 10.1. The van der Waals surface area contributed by atoms with Crippen LogP contribution < -0.4 is 11.2 Å². The molecule has 0 unspecified atom stereocenters. The van der Waals surface area contributed by atoms with Crippen molar-refractivity contribution in [1.82, 2.24) is 0 Å². The van der Waals surface area contributed by atoms with Gasteiger partial charge in [-0.1, -0.05) is 24.9 Å². The maximum atomic E-state index is 5.83. The molecule has 0 aromatic heterocycles. The zero-order chi connectivity index (χ0) is 13.5. The first-order valence-electron chi connectivity index (χ1n) is 6.06. The first kappa shape index (κ1) is 14.6. The third kappa shape index (κ3) is 4.41. The summed E-state index contributed by atoms with van der Waals surface area (Å²) in [5, 5.41) is 5.14. The number of hydrogen-bond donors (Lipinski definition) is 2. The molecule has 0 spiro atoms. The van der Waals surface area contributed by atoms with E-state index in [1.807, 2.05) is 38.1 Å². The monoisotopic (exact) mass is 265 g/mol. The summed E-state index contributed by atoms with van der Waals surface area (Å²) in [6.07, 6.45) is 1.94. The number of hydrogen-bond acceptors (Lipinski definition) is 3. The van der Waals surface area contributed by atoms with Gasteiger partial charge in [0.15, 0.2) is 0 Å². The maximum Gasteiger partial charge on any atom is 0.0653 e. The number of rotatable bonds is 5. The molecule has 0 radical (unpaired) electrons. The zero-order valence-corrected chi connectivity index (χ0v) is 11.9. The molecule has 0 aliphatic rings. The van der Waals surface area contributed by atoms with Gasteiger partial charge in [0.25, 0.3) is 0 Å². The van der Waals surface area contributed by atoms with Crippen LogP contribution in [0.15, 0.2) is 40.6 Å². The van der Waals surface area contributed by atoms with Crippen LogP contribution in [0.2, 0.25) is 5.02 Å². The summed E-state index contributed by atoms with van der Waals surface area (Å²) >= 11 is 5.83. The average molecular weight is 266 g/mol. The van der Waals surface area contributed by atoms with Crippen LogP contribution >= 0.6 is 11.6 Å². The molecule has 0 atom stereocenters. The van der Waals surface area contributed by atoms with Crippen molar-refractivity contribution in [1.29, 1.82) is 0 Å². The Morgan fingerprint density at radius 3 is 2.39 bits per heavy atom. The normalized spacial score (nSPS) is 13.2. The number of halogens is 1. The van der Waals surface area contributed by atoms with Crippen LogP contribution in [0.4, 0.5) is 5.69 Å². The Morgan fingerprint density at radius 1 is 1.28 bits per heavy atom. The second-order valence-corrected chi connectivity index (χ2v) is 4.67. The van der Waals surface area contributed by atoms with Crippen LogP contribution in [0.5, 0.6) is 0 Å². The lowest BCUT2D eigenvalue weighted by Gasteiger charge is -2.09. The highest BCUT2D eigenvalue weighted by molar-refractivity contribution is 6.30. The van der Waals surface area contributed by atoms with E-state index in [2.05, 4.69) is 17.5 Å². The Balaban J connectivity index is 2.84. The van der Waals surface area contributed by atoms with Crippen LogP contribution in [0, 0.1) is 0 Å². The van der Waals surface area contributed by atoms with Crippen molar-refractivity contribution in [3.05, 3.63) is 40.6 Å². The van der Waals surface area contributed by atoms with Gasteiger partial charge in [-0.3, -0.25) is 5.43 Å². The summed E-state index contributed by atoms with van der Waals surface area (Å²) in [7, 11) is 0. The molecule has 0 saturated carbocycles. The van der Waals surface area contributed by atoms with Crippen molar-refractivity contribution in [3.63, 3.8) is 0 Å². The lowest BCUT2D eigenvalue weighted by Crippen LogP contribution is -2.09. The van der Waals surface area contributed by atoms with Crippen molar-refractivity contribution in [3.8, 4) is 0 Å². The molecule has 1 rings (SSSR count). The number of allylic oxidation sites excluding steroid dienone is 2. The molecule has 4 heteroatoms. The lowest BCUT2D eigenvalue weighted by molar-refractivity contribution is 0.981. The molecule has 0 saturated heterocycles. The summed E-state index contributed by atoms with van der Waals surface area (Å²) < 4.78 is 0. The number of nitrogens with one attached hydrogen (secondary N) is 1. The molecular weight excluding hydrogens is 246 g/mol. The molecule has 0 amide bonds. The minimum absolute atomic E-state index is 0.715. The average Bonchev–Trinajstić information content (AvgIpc) is 2.35. The second-order valence-electron chi connectivity index (χ2n) is 4.24. The van der Waals surface area contributed by atoms with E-state index in [4.69, 9.17) is 17.3 Å². The Labute approximate surface area is 114 Å². The van der Waals surface area contributed by atoms with Crippen LogP contribution in [0.1, 0.15) is 33.6 Å². The Kier molecular flexibility index (Phi) is 5.72. The van der Waals surface area contributed by atoms with Gasteiger partial charge in [0.2, 0.25) is 0 Å². The zero-order valence-electron chi connectivity index (χ0n) is 11.1. The van der Waals surface area contributed by atoms with Gasteiger partial charge in [-0.2, -0.15) is 5.10 Å². The largest absolute Gasteiger partial charge is 0.402 e. The van der Waals surface area contributed by atoms with Gasteiger partial charge >= 0.3 is 0 Å². The molecule has 0 bridgehead atoms. The molecule has 3 nitrogen and oxygen atoms in total. The van der Waals surface area contributed by atoms with E-state index in [0.717, 1.165) is 35.5 Å². The number of anilines is 1. The smallest absolute Gasteiger partial charge is 0.0653 e. The summed E-state index contributed by atoms with van der Waals surface area (Å²) in [4.78, 5) is 0. The first-order chi connectivity index (χ1) is 8.54. The topological polar surface area (TPSA) is 50.4 Å². The molecule has 0 aliphatic carbocycles. The van der Waals surface area contributed by atoms with Crippen LogP contribution in [0.25, 0.3) is 0 Å². The van der Waals surface area contributed by atoms with Gasteiger partial charge in [0.1, 0.15) is 0 Å². The van der Waals surface area contributed by atoms with Crippen molar-refractivity contribution >= 4 is 23.0 Å². The number of nitrogens with zero attached hydrogens (tertiary/aromatic N) is 1. The first-order valence-corrected chi connectivity index (χ1v) is 6.43. The van der Waals surface area contributed by atoms with E-state index in [0.29, 0.717) is 5.02 Å². The van der Waals surface area contributed by atoms with Crippen LogP contribution in [0.3, 0.4) is 0 Å². The highest BCUT2D eigenvalue weighted by Gasteiger charge is 2.03. The predicted molar refractivity (Wildman–Crippen MR) is 80.0 cm³/mol. The highest BCUT2D eigenvalue weighted by atomic mass is 35.5. The predicted octanol–water partition coefficient (Wildman–Crippen LogP) is 4.16. The summed E-state index contributed by atoms with van der Waals surface area (Å²) in [6, 6.07) is 7.44. The van der Waals surface area contributed by atoms with Crippen molar-refractivity contribution in [2.75, 3.05) is 5.43 Å². The maximum absolute atomic E-state index is 5.83. The highest BCUT2D eigenvalue weighted by Crippen LogP contribution is 2.14. The minimum Gasteiger partial charge on any atom is -0.402 e. The number of nitrogens with two attached hydrogens (primary N) is 1. The fourth-order valence-electron chi connectivity index (χ4n) is 1.45. The molecule has 1 aromatic carbocycles.